The first-order chi connectivity index (χ1) is 12.0. The minimum atomic E-state index is -0.106. The maximum Gasteiger partial charge on any atom is 0.231 e. The highest BCUT2D eigenvalue weighted by molar-refractivity contribution is 5.94. The lowest BCUT2D eigenvalue weighted by atomic mass is 10.1. The molecule has 0 radical (unpaired) electrons. The van der Waals surface area contributed by atoms with Crippen LogP contribution in [0.2, 0.25) is 0 Å². The molecule has 0 spiro atoms. The van der Waals surface area contributed by atoms with E-state index in [0.717, 1.165) is 16.9 Å². The van der Waals surface area contributed by atoms with Crippen molar-refractivity contribution in [3.8, 4) is 0 Å². The predicted molar refractivity (Wildman–Crippen MR) is 109 cm³/mol. The standard InChI is InChI=1S/C20H25N3O2.ClH/c1-15(14-21-2)20(25)22-17-11-9-16(10-12-17)13-19(24)23(3)18-7-5-4-6-8-18;/h4-12,15,21H,13-14H2,1-3H3,(H,22,25);1H. The zero-order valence-electron chi connectivity index (χ0n) is 15.4. The Hall–Kier alpha value is -2.37. The van der Waals surface area contributed by atoms with Crippen LogP contribution in [0.1, 0.15) is 12.5 Å². The highest BCUT2D eigenvalue weighted by Gasteiger charge is 2.13. The van der Waals surface area contributed by atoms with Crippen molar-refractivity contribution in [1.29, 1.82) is 0 Å². The third-order valence-electron chi connectivity index (χ3n) is 4.05. The van der Waals surface area contributed by atoms with E-state index >= 15 is 0 Å². The molecule has 0 fully saturated rings. The Morgan fingerprint density at radius 3 is 2.23 bits per heavy atom. The third-order valence-corrected chi connectivity index (χ3v) is 4.05. The zero-order valence-corrected chi connectivity index (χ0v) is 16.2. The summed E-state index contributed by atoms with van der Waals surface area (Å²) in [6, 6.07) is 16.9. The molecule has 0 aliphatic carbocycles. The van der Waals surface area contributed by atoms with Crippen LogP contribution in [0.4, 0.5) is 11.4 Å². The number of rotatable bonds is 7. The number of carbonyl (C=O) groups is 2. The largest absolute Gasteiger partial charge is 0.326 e. The second-order valence-electron chi connectivity index (χ2n) is 6.11. The summed E-state index contributed by atoms with van der Waals surface area (Å²) in [5.41, 5.74) is 2.52. The van der Waals surface area contributed by atoms with Gasteiger partial charge in [-0.2, -0.15) is 0 Å². The topological polar surface area (TPSA) is 61.4 Å². The fourth-order valence-corrected chi connectivity index (χ4v) is 2.46. The summed E-state index contributed by atoms with van der Waals surface area (Å²) in [4.78, 5) is 26.0. The fourth-order valence-electron chi connectivity index (χ4n) is 2.46. The maximum atomic E-state index is 12.4. The molecule has 2 rings (SSSR count). The van der Waals surface area contributed by atoms with Crippen molar-refractivity contribution in [2.45, 2.75) is 13.3 Å². The van der Waals surface area contributed by atoms with Crippen LogP contribution in [0, 0.1) is 5.92 Å². The number of hydrogen-bond acceptors (Lipinski definition) is 3. The van der Waals surface area contributed by atoms with E-state index in [0.29, 0.717) is 13.0 Å². The first-order valence-corrected chi connectivity index (χ1v) is 8.37. The molecule has 0 aliphatic rings. The molecular weight excluding hydrogens is 350 g/mol. The quantitative estimate of drug-likeness (QED) is 0.781. The monoisotopic (exact) mass is 375 g/mol. The highest BCUT2D eigenvalue weighted by atomic mass is 35.5. The summed E-state index contributed by atoms with van der Waals surface area (Å²) >= 11 is 0. The van der Waals surface area contributed by atoms with Crippen LogP contribution < -0.4 is 15.5 Å². The SMILES string of the molecule is CNCC(C)C(=O)Nc1ccc(CC(=O)N(C)c2ccccc2)cc1.Cl. The Balaban J connectivity index is 0.00000338. The summed E-state index contributed by atoms with van der Waals surface area (Å²) in [7, 11) is 3.59. The van der Waals surface area contributed by atoms with Gasteiger partial charge in [-0.1, -0.05) is 37.3 Å². The van der Waals surface area contributed by atoms with Gasteiger partial charge in [0.05, 0.1) is 6.42 Å². The van der Waals surface area contributed by atoms with Gasteiger partial charge >= 0.3 is 0 Å². The van der Waals surface area contributed by atoms with Gasteiger partial charge in [0.25, 0.3) is 0 Å². The van der Waals surface area contributed by atoms with Crippen LogP contribution in [-0.4, -0.2) is 32.5 Å². The molecule has 2 aromatic rings. The first-order valence-electron chi connectivity index (χ1n) is 8.37. The van der Waals surface area contributed by atoms with Gasteiger partial charge in [0.1, 0.15) is 0 Å². The number of halogens is 1. The smallest absolute Gasteiger partial charge is 0.231 e. The van der Waals surface area contributed by atoms with E-state index < -0.39 is 0 Å². The number of para-hydroxylation sites is 1. The normalized spacial score (nSPS) is 11.2. The van der Waals surface area contributed by atoms with Crippen molar-refractivity contribution >= 4 is 35.6 Å². The number of hydrogen-bond donors (Lipinski definition) is 2. The van der Waals surface area contributed by atoms with E-state index in [1.165, 1.54) is 0 Å². The molecule has 0 saturated carbocycles. The average Bonchev–Trinajstić information content (AvgIpc) is 2.63. The molecule has 0 aromatic heterocycles. The molecule has 140 valence electrons. The molecule has 0 saturated heterocycles. The fraction of sp³-hybridized carbons (Fsp3) is 0.300. The van der Waals surface area contributed by atoms with Gasteiger partial charge in [-0.05, 0) is 36.9 Å². The number of anilines is 2. The van der Waals surface area contributed by atoms with Crippen molar-refractivity contribution < 1.29 is 9.59 Å². The molecule has 1 atom stereocenters. The van der Waals surface area contributed by atoms with E-state index in [1.807, 2.05) is 68.6 Å². The van der Waals surface area contributed by atoms with Crippen LogP contribution in [0.15, 0.2) is 54.6 Å². The van der Waals surface area contributed by atoms with Gasteiger partial charge in [0, 0.05) is 30.9 Å². The van der Waals surface area contributed by atoms with E-state index in [-0.39, 0.29) is 30.1 Å². The number of benzene rings is 2. The first kappa shape index (κ1) is 21.7. The summed E-state index contributed by atoms with van der Waals surface area (Å²) in [6.45, 7) is 2.50. The highest BCUT2D eigenvalue weighted by Crippen LogP contribution is 2.15. The summed E-state index contributed by atoms with van der Waals surface area (Å²) in [5, 5.41) is 5.87. The van der Waals surface area contributed by atoms with Gasteiger partial charge < -0.3 is 15.5 Å². The Kier molecular flexibility index (Phi) is 8.82. The van der Waals surface area contributed by atoms with E-state index in [4.69, 9.17) is 0 Å². The van der Waals surface area contributed by atoms with E-state index in [2.05, 4.69) is 10.6 Å². The predicted octanol–water partition coefficient (Wildman–Crippen LogP) is 3.11. The lowest BCUT2D eigenvalue weighted by Gasteiger charge is -2.17. The van der Waals surface area contributed by atoms with Crippen molar-refractivity contribution in [3.05, 3.63) is 60.2 Å². The number of carbonyl (C=O) groups excluding carboxylic acids is 2. The summed E-state index contributed by atoms with van der Waals surface area (Å²) in [6.07, 6.45) is 0.315. The molecule has 0 bridgehead atoms. The van der Waals surface area contributed by atoms with Crippen LogP contribution in [0.5, 0.6) is 0 Å². The average molecular weight is 376 g/mol. The molecule has 2 N–H and O–H groups in total. The van der Waals surface area contributed by atoms with E-state index in [1.54, 1.807) is 11.9 Å². The van der Waals surface area contributed by atoms with Crippen molar-refractivity contribution in [1.82, 2.24) is 5.32 Å². The number of nitrogens with one attached hydrogen (secondary N) is 2. The molecule has 5 nitrogen and oxygen atoms in total. The second kappa shape index (κ2) is 10.6. The molecular formula is C20H26ClN3O2. The zero-order chi connectivity index (χ0) is 18.2. The van der Waals surface area contributed by atoms with Crippen molar-refractivity contribution in [3.63, 3.8) is 0 Å². The lowest BCUT2D eigenvalue weighted by Crippen LogP contribution is -2.28. The minimum Gasteiger partial charge on any atom is -0.326 e. The van der Waals surface area contributed by atoms with Gasteiger partial charge in [-0.3, -0.25) is 9.59 Å². The maximum absolute atomic E-state index is 12.4. The Labute approximate surface area is 161 Å². The van der Waals surface area contributed by atoms with Crippen molar-refractivity contribution in [2.24, 2.45) is 5.92 Å². The molecule has 6 heteroatoms. The van der Waals surface area contributed by atoms with Crippen LogP contribution in [0.3, 0.4) is 0 Å². The number of likely N-dealkylation sites (N-methyl/N-ethyl adjacent to an activating group) is 1. The van der Waals surface area contributed by atoms with Crippen LogP contribution in [0.25, 0.3) is 0 Å². The second-order valence-corrected chi connectivity index (χ2v) is 6.11. The summed E-state index contributed by atoms with van der Waals surface area (Å²) < 4.78 is 0. The van der Waals surface area contributed by atoms with Gasteiger partial charge in [-0.25, -0.2) is 0 Å². The molecule has 26 heavy (non-hydrogen) atoms. The molecule has 0 heterocycles. The molecule has 2 aromatic carbocycles. The van der Waals surface area contributed by atoms with Crippen LogP contribution in [-0.2, 0) is 16.0 Å². The Morgan fingerprint density at radius 1 is 1.04 bits per heavy atom. The Bertz CT molecular complexity index is 705. The molecule has 1 unspecified atom stereocenters. The Morgan fingerprint density at radius 2 is 1.65 bits per heavy atom. The van der Waals surface area contributed by atoms with Gasteiger partial charge in [-0.15, -0.1) is 12.4 Å². The lowest BCUT2D eigenvalue weighted by molar-refractivity contribution is -0.119. The van der Waals surface area contributed by atoms with Gasteiger partial charge in [0.15, 0.2) is 0 Å². The van der Waals surface area contributed by atoms with Gasteiger partial charge in [0.2, 0.25) is 11.8 Å². The molecule has 2 amide bonds. The van der Waals surface area contributed by atoms with Crippen LogP contribution >= 0.6 is 12.4 Å². The van der Waals surface area contributed by atoms with Crippen molar-refractivity contribution in [2.75, 3.05) is 30.9 Å². The molecule has 0 aliphatic heterocycles. The van der Waals surface area contributed by atoms with E-state index in [9.17, 15) is 9.59 Å². The summed E-state index contributed by atoms with van der Waals surface area (Å²) in [5.74, 6) is -0.113. The third kappa shape index (κ3) is 6.17. The number of amides is 2. The minimum absolute atomic E-state index is 0. The number of nitrogens with zero attached hydrogens (tertiary/aromatic N) is 1.